The summed E-state index contributed by atoms with van der Waals surface area (Å²) < 4.78 is 46.7. The molecule has 0 spiro atoms. The van der Waals surface area contributed by atoms with Gasteiger partial charge >= 0.3 is 0 Å². The first-order valence-corrected chi connectivity index (χ1v) is 16.0. The zero-order valence-corrected chi connectivity index (χ0v) is 27.2. The molecule has 44 heavy (non-hydrogen) atoms. The number of likely N-dealkylation sites (tertiary alicyclic amines) is 1. The molecule has 1 saturated heterocycles. The maximum atomic E-state index is 15.4. The van der Waals surface area contributed by atoms with Gasteiger partial charge in [0.2, 0.25) is 5.91 Å². The van der Waals surface area contributed by atoms with Gasteiger partial charge in [0.1, 0.15) is 22.1 Å². The van der Waals surface area contributed by atoms with E-state index >= 15 is 4.79 Å². The average Bonchev–Trinajstić information content (AvgIpc) is 3.27. The third-order valence-electron chi connectivity index (χ3n) is 8.42. The van der Waals surface area contributed by atoms with E-state index < -0.39 is 27.5 Å². The Balaban J connectivity index is 1.89. The lowest BCUT2D eigenvalue weighted by atomic mass is 9.78. The van der Waals surface area contributed by atoms with Crippen LogP contribution < -0.4 is 18.5 Å². The van der Waals surface area contributed by atoms with Crippen molar-refractivity contribution in [1.29, 1.82) is 0 Å². The van der Waals surface area contributed by atoms with Crippen LogP contribution in [0, 0.1) is 6.92 Å². The standard InChI is InChI=1S/C32H36ClN3O7S/c1-20-17-26-23(19-24(20)33)32(22-11-7-8-13-27(22)42-5,35-16-10-9-12-25(35)30(37)34(2)3)31(38)36(26)44(39,40)29-15-14-21(41-4)18-28(29)43-6/h7-8,11,13-15,17-19,25H,9-10,12,16H2,1-6H3/t25-,32?/m0/s1. The molecular weight excluding hydrogens is 606 g/mol. The zero-order valence-electron chi connectivity index (χ0n) is 25.6. The predicted molar refractivity (Wildman–Crippen MR) is 167 cm³/mol. The highest BCUT2D eigenvalue weighted by molar-refractivity contribution is 7.93. The number of carbonyl (C=O) groups excluding carboxylic acids is 2. The van der Waals surface area contributed by atoms with E-state index in [0.29, 0.717) is 52.6 Å². The molecule has 10 nitrogen and oxygen atoms in total. The first kappa shape index (κ1) is 31.6. The molecule has 0 aromatic heterocycles. The Bertz CT molecular complexity index is 1730. The smallest absolute Gasteiger partial charge is 0.274 e. The van der Waals surface area contributed by atoms with E-state index in [1.165, 1.54) is 44.4 Å². The first-order valence-electron chi connectivity index (χ1n) is 14.2. The quantitative estimate of drug-likeness (QED) is 0.352. The van der Waals surface area contributed by atoms with Gasteiger partial charge in [0.25, 0.3) is 15.9 Å². The number of halogens is 1. The predicted octanol–water partition coefficient (Wildman–Crippen LogP) is 4.60. The van der Waals surface area contributed by atoms with Gasteiger partial charge in [0, 0.05) is 42.9 Å². The van der Waals surface area contributed by atoms with E-state index in [9.17, 15) is 13.2 Å². The van der Waals surface area contributed by atoms with Crippen LogP contribution in [0.1, 0.15) is 36.0 Å². The van der Waals surface area contributed by atoms with Gasteiger partial charge in [-0.25, -0.2) is 12.7 Å². The number of hydrogen-bond acceptors (Lipinski definition) is 8. The summed E-state index contributed by atoms with van der Waals surface area (Å²) >= 11 is 6.74. The van der Waals surface area contributed by atoms with E-state index in [1.54, 1.807) is 57.4 Å². The minimum Gasteiger partial charge on any atom is -0.497 e. The largest absolute Gasteiger partial charge is 0.497 e. The molecule has 1 fully saturated rings. The van der Waals surface area contributed by atoms with Gasteiger partial charge in [-0.2, -0.15) is 0 Å². The van der Waals surface area contributed by atoms with E-state index in [2.05, 4.69) is 0 Å². The Morgan fingerprint density at radius 2 is 1.66 bits per heavy atom. The second-order valence-corrected chi connectivity index (χ2v) is 13.2. The Hall–Kier alpha value is -3.80. The summed E-state index contributed by atoms with van der Waals surface area (Å²) in [6.07, 6.45) is 1.94. The molecule has 3 aromatic rings. The number of anilines is 1. The molecule has 0 radical (unpaired) electrons. The summed E-state index contributed by atoms with van der Waals surface area (Å²) in [4.78, 5) is 32.2. The van der Waals surface area contributed by atoms with E-state index in [1.807, 2.05) is 4.90 Å². The van der Waals surface area contributed by atoms with Gasteiger partial charge in [0.05, 0.1) is 33.1 Å². The molecule has 0 saturated carbocycles. The van der Waals surface area contributed by atoms with Crippen molar-refractivity contribution in [3.8, 4) is 17.2 Å². The van der Waals surface area contributed by atoms with Gasteiger partial charge in [-0.1, -0.05) is 36.2 Å². The van der Waals surface area contributed by atoms with Crippen LogP contribution in [0.5, 0.6) is 17.2 Å². The monoisotopic (exact) mass is 641 g/mol. The second-order valence-electron chi connectivity index (χ2n) is 11.1. The van der Waals surface area contributed by atoms with Gasteiger partial charge < -0.3 is 19.1 Å². The van der Waals surface area contributed by atoms with Crippen molar-refractivity contribution in [1.82, 2.24) is 9.80 Å². The Morgan fingerprint density at radius 1 is 0.955 bits per heavy atom. The molecule has 3 aromatic carbocycles. The number of piperidine rings is 1. The van der Waals surface area contributed by atoms with E-state index in [-0.39, 0.29) is 22.2 Å². The normalized spacial score (nSPS) is 20.3. The van der Waals surface area contributed by atoms with Crippen molar-refractivity contribution < 1.29 is 32.2 Å². The number of likely N-dealkylation sites (N-methyl/N-ethyl adjacent to an activating group) is 1. The summed E-state index contributed by atoms with van der Waals surface area (Å²) in [5.41, 5.74) is -0.301. The molecular formula is C32H36ClN3O7S. The highest BCUT2D eigenvalue weighted by atomic mass is 35.5. The lowest BCUT2D eigenvalue weighted by molar-refractivity contribution is -0.142. The lowest BCUT2D eigenvalue weighted by Gasteiger charge is -2.47. The molecule has 0 N–H and O–H groups in total. The van der Waals surface area contributed by atoms with Gasteiger partial charge in [0.15, 0.2) is 5.54 Å². The van der Waals surface area contributed by atoms with Gasteiger partial charge in [-0.15, -0.1) is 0 Å². The minimum atomic E-state index is -4.59. The Morgan fingerprint density at radius 3 is 2.32 bits per heavy atom. The van der Waals surface area contributed by atoms with Crippen LogP contribution in [0.25, 0.3) is 0 Å². The second kappa shape index (κ2) is 11.9. The van der Waals surface area contributed by atoms with Crippen LogP contribution in [0.3, 0.4) is 0 Å². The molecule has 2 heterocycles. The van der Waals surface area contributed by atoms with Crippen molar-refractivity contribution in [2.45, 2.75) is 42.7 Å². The molecule has 234 valence electrons. The number of methoxy groups -OCH3 is 3. The van der Waals surface area contributed by atoms with Gasteiger partial charge in [-0.3, -0.25) is 14.5 Å². The van der Waals surface area contributed by atoms with E-state index in [0.717, 1.165) is 10.7 Å². The summed E-state index contributed by atoms with van der Waals surface area (Å²) in [5.74, 6) is -0.192. The van der Waals surface area contributed by atoms with Crippen molar-refractivity contribution in [2.24, 2.45) is 0 Å². The fourth-order valence-corrected chi connectivity index (χ4v) is 8.10. The van der Waals surface area contributed by atoms with Crippen LogP contribution in [-0.2, 0) is 25.2 Å². The summed E-state index contributed by atoms with van der Waals surface area (Å²) in [6.45, 7) is 2.09. The number of sulfonamides is 1. The minimum absolute atomic E-state index is 0.0119. The summed E-state index contributed by atoms with van der Waals surface area (Å²) in [5, 5.41) is 0.351. The number of ether oxygens (including phenoxy) is 3. The number of aryl methyl sites for hydroxylation is 1. The van der Waals surface area contributed by atoms with Gasteiger partial charge in [-0.05, 0) is 55.7 Å². The third kappa shape index (κ3) is 4.78. The third-order valence-corrected chi connectivity index (χ3v) is 10.6. The number of fused-ring (bicyclic) bond motifs is 1. The maximum Gasteiger partial charge on any atom is 0.274 e. The zero-order chi connectivity index (χ0) is 32.0. The number of carbonyl (C=O) groups is 2. The fourth-order valence-electron chi connectivity index (χ4n) is 6.34. The van der Waals surface area contributed by atoms with E-state index in [4.69, 9.17) is 25.8 Å². The number of hydrogen-bond donors (Lipinski definition) is 0. The molecule has 0 bridgehead atoms. The van der Waals surface area contributed by atoms with Crippen molar-refractivity contribution >= 4 is 39.1 Å². The van der Waals surface area contributed by atoms with Crippen molar-refractivity contribution in [2.75, 3.05) is 46.3 Å². The Labute approximate surface area is 263 Å². The molecule has 12 heteroatoms. The number of rotatable bonds is 8. The van der Waals surface area contributed by atoms with Crippen LogP contribution in [0.4, 0.5) is 5.69 Å². The SMILES string of the molecule is COc1ccc(S(=O)(=O)N2C(=O)C(c3ccccc3OC)(N3CCCC[C@H]3C(=O)N(C)C)c3cc(Cl)c(C)cc32)c(OC)c1. The lowest BCUT2D eigenvalue weighted by Crippen LogP contribution is -2.62. The van der Waals surface area contributed by atoms with Crippen molar-refractivity contribution in [3.05, 3.63) is 76.3 Å². The van der Waals surface area contributed by atoms with Crippen LogP contribution in [0.15, 0.2) is 59.5 Å². The number of benzene rings is 3. The topological polar surface area (TPSA) is 106 Å². The molecule has 0 aliphatic carbocycles. The molecule has 2 aliphatic rings. The summed E-state index contributed by atoms with van der Waals surface area (Å²) in [6, 6.07) is 13.8. The molecule has 5 rings (SSSR count). The van der Waals surface area contributed by atoms with Crippen LogP contribution in [0.2, 0.25) is 5.02 Å². The highest BCUT2D eigenvalue weighted by Gasteiger charge is 2.62. The number of para-hydroxylation sites is 1. The Kier molecular flexibility index (Phi) is 8.58. The number of nitrogens with zero attached hydrogens (tertiary/aromatic N) is 3. The molecule has 1 unspecified atom stereocenters. The molecule has 2 aliphatic heterocycles. The first-order chi connectivity index (χ1) is 20.9. The van der Waals surface area contributed by atoms with Crippen LogP contribution in [-0.4, -0.2) is 78.0 Å². The summed E-state index contributed by atoms with van der Waals surface area (Å²) in [7, 11) is 3.04. The average molecular weight is 642 g/mol. The highest BCUT2D eigenvalue weighted by Crippen LogP contribution is 2.55. The molecule has 2 amide bonds. The van der Waals surface area contributed by atoms with Crippen LogP contribution >= 0.6 is 11.6 Å². The van der Waals surface area contributed by atoms with Crippen molar-refractivity contribution in [3.63, 3.8) is 0 Å². The number of amides is 2. The molecule has 2 atom stereocenters. The maximum absolute atomic E-state index is 15.4. The fraction of sp³-hybridized carbons (Fsp3) is 0.375.